The molecule has 1 fully saturated rings. The Labute approximate surface area is 159 Å². The van der Waals surface area contributed by atoms with Crippen LogP contribution < -0.4 is 5.32 Å². The molecule has 1 amide bonds. The second kappa shape index (κ2) is 8.26. The molecule has 1 unspecified atom stereocenters. The maximum Gasteiger partial charge on any atom is 0.407 e. The molecule has 1 aromatic rings. The van der Waals surface area contributed by atoms with Crippen LogP contribution >= 0.6 is 0 Å². The van der Waals surface area contributed by atoms with Gasteiger partial charge in [0.25, 0.3) is 0 Å². The molecule has 1 saturated heterocycles. The predicted octanol–water partition coefficient (Wildman–Crippen LogP) is 2.31. The lowest BCUT2D eigenvalue weighted by Gasteiger charge is -2.32. The fourth-order valence-corrected chi connectivity index (χ4v) is 4.43. The number of carbonyl (C=O) groups is 2. The fraction of sp³-hybridized carbons (Fsp3) is 0.556. The molecule has 2 rings (SSSR count). The highest BCUT2D eigenvalue weighted by atomic mass is 32.2. The molecule has 0 bridgehead atoms. The van der Waals surface area contributed by atoms with E-state index in [1.165, 1.54) is 28.6 Å². The first-order valence-corrected chi connectivity index (χ1v) is 10.2. The third kappa shape index (κ3) is 5.93. The van der Waals surface area contributed by atoms with E-state index in [0.29, 0.717) is 26.1 Å². The SMILES string of the molecule is CC(C)(C)OC(=O)NCC1CCCN(S(=O)(=O)c2ccc(C(=O)O)cc2)C1. The first-order chi connectivity index (χ1) is 12.5. The number of aromatic carboxylic acids is 1. The molecular formula is C18H26N2O6S. The minimum Gasteiger partial charge on any atom is -0.478 e. The van der Waals surface area contributed by atoms with E-state index < -0.39 is 27.7 Å². The highest BCUT2D eigenvalue weighted by molar-refractivity contribution is 7.89. The van der Waals surface area contributed by atoms with E-state index in [9.17, 15) is 18.0 Å². The number of carboxylic acid groups (broad SMARTS) is 1. The predicted molar refractivity (Wildman–Crippen MR) is 99.1 cm³/mol. The number of benzene rings is 1. The Morgan fingerprint density at radius 2 is 1.89 bits per heavy atom. The van der Waals surface area contributed by atoms with Crippen molar-refractivity contribution in [2.45, 2.75) is 44.1 Å². The van der Waals surface area contributed by atoms with Gasteiger partial charge in [-0.25, -0.2) is 18.0 Å². The molecule has 0 aliphatic carbocycles. The van der Waals surface area contributed by atoms with Crippen molar-refractivity contribution in [3.63, 3.8) is 0 Å². The van der Waals surface area contributed by atoms with Crippen molar-refractivity contribution in [3.8, 4) is 0 Å². The average Bonchev–Trinajstić information content (AvgIpc) is 2.59. The topological polar surface area (TPSA) is 113 Å². The number of carboxylic acids is 1. The number of amides is 1. The van der Waals surface area contributed by atoms with Crippen molar-refractivity contribution in [3.05, 3.63) is 29.8 Å². The highest BCUT2D eigenvalue weighted by Crippen LogP contribution is 2.24. The van der Waals surface area contributed by atoms with Crippen LogP contribution in [0.25, 0.3) is 0 Å². The maximum absolute atomic E-state index is 12.8. The molecule has 0 spiro atoms. The number of hydrogen-bond acceptors (Lipinski definition) is 5. The Bertz CT molecular complexity index is 783. The van der Waals surface area contributed by atoms with E-state index >= 15 is 0 Å². The number of piperidine rings is 1. The summed E-state index contributed by atoms with van der Waals surface area (Å²) < 4.78 is 32.2. The Hall–Kier alpha value is -2.13. The molecule has 1 heterocycles. The molecule has 8 nitrogen and oxygen atoms in total. The zero-order valence-electron chi connectivity index (χ0n) is 15.8. The van der Waals surface area contributed by atoms with Crippen molar-refractivity contribution < 1.29 is 27.9 Å². The average molecular weight is 398 g/mol. The van der Waals surface area contributed by atoms with Gasteiger partial charge in [0.1, 0.15) is 5.60 Å². The zero-order valence-corrected chi connectivity index (χ0v) is 16.6. The van der Waals surface area contributed by atoms with Gasteiger partial charge in [-0.05, 0) is 63.8 Å². The van der Waals surface area contributed by atoms with E-state index in [1.54, 1.807) is 20.8 Å². The summed E-state index contributed by atoms with van der Waals surface area (Å²) in [5.41, 5.74) is -0.555. The van der Waals surface area contributed by atoms with Crippen LogP contribution in [0.1, 0.15) is 44.0 Å². The second-order valence-corrected chi connectivity index (χ2v) is 9.52. The number of sulfonamides is 1. The molecule has 9 heteroatoms. The van der Waals surface area contributed by atoms with Crippen molar-refractivity contribution >= 4 is 22.1 Å². The van der Waals surface area contributed by atoms with Crippen LogP contribution in [0.15, 0.2) is 29.2 Å². The van der Waals surface area contributed by atoms with E-state index in [2.05, 4.69) is 5.32 Å². The lowest BCUT2D eigenvalue weighted by molar-refractivity contribution is 0.0513. The number of nitrogens with one attached hydrogen (secondary N) is 1. The van der Waals surface area contributed by atoms with E-state index in [0.717, 1.165) is 6.42 Å². The van der Waals surface area contributed by atoms with Gasteiger partial charge in [-0.3, -0.25) is 0 Å². The zero-order chi connectivity index (χ0) is 20.2. The molecule has 2 N–H and O–H groups in total. The molecular weight excluding hydrogens is 372 g/mol. The van der Waals surface area contributed by atoms with Gasteiger partial charge < -0.3 is 15.2 Å². The first-order valence-electron chi connectivity index (χ1n) is 8.79. The summed E-state index contributed by atoms with van der Waals surface area (Å²) in [5.74, 6) is -1.12. The Morgan fingerprint density at radius 3 is 2.44 bits per heavy atom. The lowest BCUT2D eigenvalue weighted by atomic mass is 10.00. The summed E-state index contributed by atoms with van der Waals surface area (Å²) in [6.45, 7) is 6.34. The summed E-state index contributed by atoms with van der Waals surface area (Å²) in [5, 5.41) is 11.6. The quantitative estimate of drug-likeness (QED) is 0.787. The molecule has 0 radical (unpaired) electrons. The van der Waals surface area contributed by atoms with Crippen molar-refractivity contribution in [1.29, 1.82) is 0 Å². The highest BCUT2D eigenvalue weighted by Gasteiger charge is 2.30. The molecule has 1 aliphatic heterocycles. The number of rotatable bonds is 5. The summed E-state index contributed by atoms with van der Waals surface area (Å²) >= 11 is 0. The number of alkyl carbamates (subject to hydrolysis) is 1. The molecule has 27 heavy (non-hydrogen) atoms. The van der Waals surface area contributed by atoms with Gasteiger partial charge in [-0.2, -0.15) is 4.31 Å². The number of ether oxygens (including phenoxy) is 1. The lowest BCUT2D eigenvalue weighted by Crippen LogP contribution is -2.44. The molecule has 150 valence electrons. The van der Waals surface area contributed by atoms with Crippen molar-refractivity contribution in [1.82, 2.24) is 9.62 Å². The van der Waals surface area contributed by atoms with Gasteiger partial charge in [-0.15, -0.1) is 0 Å². The van der Waals surface area contributed by atoms with Crippen LogP contribution in [0.5, 0.6) is 0 Å². The molecule has 0 saturated carbocycles. The smallest absolute Gasteiger partial charge is 0.407 e. The molecule has 1 aromatic carbocycles. The Morgan fingerprint density at radius 1 is 1.26 bits per heavy atom. The maximum atomic E-state index is 12.8. The van der Waals surface area contributed by atoms with Gasteiger partial charge in [-0.1, -0.05) is 0 Å². The van der Waals surface area contributed by atoms with Crippen LogP contribution in [-0.4, -0.2) is 55.1 Å². The van der Waals surface area contributed by atoms with Crippen LogP contribution in [0.4, 0.5) is 4.79 Å². The van der Waals surface area contributed by atoms with Gasteiger partial charge in [0, 0.05) is 19.6 Å². The van der Waals surface area contributed by atoms with Crippen LogP contribution in [0, 0.1) is 5.92 Å². The van der Waals surface area contributed by atoms with Gasteiger partial charge in [0.05, 0.1) is 10.5 Å². The summed E-state index contributed by atoms with van der Waals surface area (Å²) in [7, 11) is -3.71. The van der Waals surface area contributed by atoms with Gasteiger partial charge in [0.15, 0.2) is 0 Å². The number of nitrogens with zero attached hydrogens (tertiary/aromatic N) is 1. The van der Waals surface area contributed by atoms with E-state index in [4.69, 9.17) is 9.84 Å². The van der Waals surface area contributed by atoms with Crippen LogP contribution in [-0.2, 0) is 14.8 Å². The third-order valence-corrected chi connectivity index (χ3v) is 6.03. The monoisotopic (exact) mass is 398 g/mol. The minimum atomic E-state index is -3.71. The Balaban J connectivity index is 1.99. The van der Waals surface area contributed by atoms with Crippen LogP contribution in [0.3, 0.4) is 0 Å². The normalized spacial score (nSPS) is 18.7. The van der Waals surface area contributed by atoms with E-state index in [1.807, 2.05) is 0 Å². The summed E-state index contributed by atoms with van der Waals surface area (Å²) in [6, 6.07) is 5.17. The first kappa shape index (κ1) is 21.2. The molecule has 1 atom stereocenters. The molecule has 0 aromatic heterocycles. The third-order valence-electron chi connectivity index (χ3n) is 4.15. The Kier molecular flexibility index (Phi) is 6.48. The summed E-state index contributed by atoms with van der Waals surface area (Å²) in [4.78, 5) is 22.8. The number of hydrogen-bond donors (Lipinski definition) is 2. The van der Waals surface area contributed by atoms with Crippen molar-refractivity contribution in [2.24, 2.45) is 5.92 Å². The van der Waals surface area contributed by atoms with Gasteiger partial charge >= 0.3 is 12.1 Å². The molecule has 1 aliphatic rings. The standard InChI is InChI=1S/C18H26N2O6S/c1-18(2,3)26-17(23)19-11-13-5-4-10-20(12-13)27(24,25)15-8-6-14(7-9-15)16(21)22/h6-9,13H,4-5,10-12H2,1-3H3,(H,19,23)(H,21,22). The number of carbonyl (C=O) groups excluding carboxylic acids is 1. The largest absolute Gasteiger partial charge is 0.478 e. The summed E-state index contributed by atoms with van der Waals surface area (Å²) in [6.07, 6.45) is 0.971. The van der Waals surface area contributed by atoms with Gasteiger partial charge in [0.2, 0.25) is 10.0 Å². The minimum absolute atomic E-state index is 0.0145. The van der Waals surface area contributed by atoms with E-state index in [-0.39, 0.29) is 16.4 Å². The van der Waals surface area contributed by atoms with Crippen LogP contribution in [0.2, 0.25) is 0 Å². The van der Waals surface area contributed by atoms with Crippen molar-refractivity contribution in [2.75, 3.05) is 19.6 Å². The fourth-order valence-electron chi connectivity index (χ4n) is 2.87. The second-order valence-electron chi connectivity index (χ2n) is 7.58.